The van der Waals surface area contributed by atoms with Gasteiger partial charge in [0.25, 0.3) is 0 Å². The summed E-state index contributed by atoms with van der Waals surface area (Å²) >= 11 is 1.63. The first kappa shape index (κ1) is 14.8. The van der Waals surface area contributed by atoms with Crippen molar-refractivity contribution in [3.63, 3.8) is 0 Å². The zero-order valence-electron chi connectivity index (χ0n) is 12.3. The SMILES string of the molecule is COC(=O)[C@H]1CN(C(=O)CCc2ccsc2)c2ccccc21. The van der Waals surface area contributed by atoms with Crippen LogP contribution in [0.3, 0.4) is 0 Å². The fourth-order valence-corrected chi connectivity index (χ4v) is 3.51. The van der Waals surface area contributed by atoms with Crippen molar-refractivity contribution in [3.05, 3.63) is 52.2 Å². The number of esters is 1. The van der Waals surface area contributed by atoms with Gasteiger partial charge < -0.3 is 9.64 Å². The first-order valence-corrected chi connectivity index (χ1v) is 8.13. The van der Waals surface area contributed by atoms with Crippen molar-refractivity contribution in [2.24, 2.45) is 0 Å². The number of ether oxygens (including phenoxy) is 1. The highest BCUT2D eigenvalue weighted by Gasteiger charge is 2.36. The topological polar surface area (TPSA) is 46.6 Å². The van der Waals surface area contributed by atoms with E-state index in [9.17, 15) is 9.59 Å². The van der Waals surface area contributed by atoms with Crippen LogP contribution >= 0.6 is 11.3 Å². The summed E-state index contributed by atoms with van der Waals surface area (Å²) in [4.78, 5) is 26.2. The molecular weight excluding hydrogens is 298 g/mol. The number of para-hydroxylation sites is 1. The largest absolute Gasteiger partial charge is 0.468 e. The number of anilines is 1. The minimum Gasteiger partial charge on any atom is -0.468 e. The van der Waals surface area contributed by atoms with Crippen molar-refractivity contribution in [2.75, 3.05) is 18.6 Å². The molecular formula is C17H17NO3S. The molecule has 0 bridgehead atoms. The van der Waals surface area contributed by atoms with E-state index in [1.54, 1.807) is 16.2 Å². The average Bonchev–Trinajstić information content (AvgIpc) is 3.19. The Labute approximate surface area is 133 Å². The lowest BCUT2D eigenvalue weighted by atomic mass is 10.0. The smallest absolute Gasteiger partial charge is 0.315 e. The lowest BCUT2D eigenvalue weighted by Crippen LogP contribution is -2.31. The van der Waals surface area contributed by atoms with Gasteiger partial charge in [0.2, 0.25) is 5.91 Å². The molecule has 2 aromatic rings. The fraction of sp³-hybridized carbons (Fsp3) is 0.294. The molecule has 5 heteroatoms. The van der Waals surface area contributed by atoms with Gasteiger partial charge in [-0.25, -0.2) is 0 Å². The highest BCUT2D eigenvalue weighted by molar-refractivity contribution is 7.07. The van der Waals surface area contributed by atoms with E-state index in [2.05, 4.69) is 5.38 Å². The van der Waals surface area contributed by atoms with Crippen molar-refractivity contribution in [3.8, 4) is 0 Å². The van der Waals surface area contributed by atoms with Gasteiger partial charge in [-0.2, -0.15) is 11.3 Å². The normalized spacial score (nSPS) is 16.4. The Morgan fingerprint density at radius 3 is 2.86 bits per heavy atom. The van der Waals surface area contributed by atoms with E-state index in [4.69, 9.17) is 4.74 Å². The number of methoxy groups -OCH3 is 1. The number of carbonyl (C=O) groups excluding carboxylic acids is 2. The van der Waals surface area contributed by atoms with Crippen molar-refractivity contribution in [1.29, 1.82) is 0 Å². The second-order valence-corrected chi connectivity index (χ2v) is 6.05. The first-order chi connectivity index (χ1) is 10.7. The molecule has 1 atom stereocenters. The van der Waals surface area contributed by atoms with Crippen molar-refractivity contribution < 1.29 is 14.3 Å². The van der Waals surface area contributed by atoms with E-state index in [1.807, 2.05) is 35.7 Å². The van der Waals surface area contributed by atoms with E-state index < -0.39 is 0 Å². The number of hydrogen-bond donors (Lipinski definition) is 0. The number of amides is 1. The summed E-state index contributed by atoms with van der Waals surface area (Å²) in [6, 6.07) is 9.59. The molecule has 4 nitrogen and oxygen atoms in total. The summed E-state index contributed by atoms with van der Waals surface area (Å²) < 4.78 is 4.86. The molecule has 0 spiro atoms. The minimum absolute atomic E-state index is 0.0463. The van der Waals surface area contributed by atoms with Crippen LogP contribution in [-0.2, 0) is 20.7 Å². The Hall–Kier alpha value is -2.14. The van der Waals surface area contributed by atoms with Gasteiger partial charge >= 0.3 is 5.97 Å². The average molecular weight is 315 g/mol. The van der Waals surface area contributed by atoms with Gasteiger partial charge in [0.1, 0.15) is 5.92 Å². The molecule has 1 aliphatic heterocycles. The molecule has 0 saturated heterocycles. The lowest BCUT2D eigenvalue weighted by Gasteiger charge is -2.17. The molecule has 0 fully saturated rings. The second kappa shape index (κ2) is 6.32. The first-order valence-electron chi connectivity index (χ1n) is 7.19. The monoisotopic (exact) mass is 315 g/mol. The Kier molecular flexibility index (Phi) is 4.24. The number of aryl methyl sites for hydroxylation is 1. The van der Waals surface area contributed by atoms with Gasteiger partial charge in [-0.05, 0) is 40.4 Å². The Morgan fingerprint density at radius 1 is 1.32 bits per heavy atom. The van der Waals surface area contributed by atoms with Gasteiger partial charge in [-0.15, -0.1) is 0 Å². The van der Waals surface area contributed by atoms with E-state index in [0.29, 0.717) is 13.0 Å². The van der Waals surface area contributed by atoms with Gasteiger partial charge in [0, 0.05) is 18.7 Å². The van der Waals surface area contributed by atoms with Crippen LogP contribution < -0.4 is 4.90 Å². The maximum Gasteiger partial charge on any atom is 0.315 e. The molecule has 0 unspecified atom stereocenters. The van der Waals surface area contributed by atoms with Gasteiger partial charge in [-0.1, -0.05) is 18.2 Å². The number of fused-ring (bicyclic) bond motifs is 1. The Bertz CT molecular complexity index is 681. The lowest BCUT2D eigenvalue weighted by molar-refractivity contribution is -0.142. The zero-order valence-corrected chi connectivity index (χ0v) is 13.1. The summed E-state index contributed by atoms with van der Waals surface area (Å²) in [5.74, 6) is -0.628. The number of nitrogens with zero attached hydrogens (tertiary/aromatic N) is 1. The van der Waals surface area contributed by atoms with Crippen LogP contribution in [0.5, 0.6) is 0 Å². The summed E-state index contributed by atoms with van der Waals surface area (Å²) in [5, 5.41) is 4.07. The van der Waals surface area contributed by atoms with Crippen LogP contribution in [0, 0.1) is 0 Å². The molecule has 1 aromatic heterocycles. The predicted molar refractivity (Wildman–Crippen MR) is 86.2 cm³/mol. The van der Waals surface area contributed by atoms with Gasteiger partial charge in [0.05, 0.1) is 7.11 Å². The number of carbonyl (C=O) groups is 2. The molecule has 3 rings (SSSR count). The summed E-state index contributed by atoms with van der Waals surface area (Å²) in [6.45, 7) is 0.370. The molecule has 2 heterocycles. The Morgan fingerprint density at radius 2 is 2.14 bits per heavy atom. The van der Waals surface area contributed by atoms with E-state index in [0.717, 1.165) is 17.7 Å². The molecule has 114 valence electrons. The maximum absolute atomic E-state index is 12.5. The third kappa shape index (κ3) is 2.76. The third-order valence-electron chi connectivity index (χ3n) is 3.96. The van der Waals surface area contributed by atoms with Gasteiger partial charge in [0.15, 0.2) is 0 Å². The van der Waals surface area contributed by atoms with E-state index in [-0.39, 0.29) is 17.8 Å². The molecule has 1 aliphatic rings. The predicted octanol–water partition coefficient (Wildman–Crippen LogP) is 2.98. The quantitative estimate of drug-likeness (QED) is 0.815. The van der Waals surface area contributed by atoms with Crippen LogP contribution in [0.4, 0.5) is 5.69 Å². The summed E-state index contributed by atoms with van der Waals surface area (Å²) in [6.07, 6.45) is 1.17. The van der Waals surface area contributed by atoms with Crippen LogP contribution in [-0.4, -0.2) is 25.5 Å². The molecule has 1 aromatic carbocycles. The summed E-state index contributed by atoms with van der Waals surface area (Å²) in [5.41, 5.74) is 2.88. The summed E-state index contributed by atoms with van der Waals surface area (Å²) in [7, 11) is 1.38. The van der Waals surface area contributed by atoms with E-state index >= 15 is 0 Å². The van der Waals surface area contributed by atoms with Crippen LogP contribution in [0.15, 0.2) is 41.1 Å². The number of thiophene rings is 1. The number of rotatable bonds is 4. The minimum atomic E-state index is -0.383. The standard InChI is InChI=1S/C17H17NO3S/c1-21-17(20)14-10-18(15-5-3-2-4-13(14)15)16(19)7-6-12-8-9-22-11-12/h2-5,8-9,11,14H,6-7,10H2,1H3/t14-/m0/s1. The second-order valence-electron chi connectivity index (χ2n) is 5.27. The Balaban J connectivity index is 1.77. The van der Waals surface area contributed by atoms with E-state index in [1.165, 1.54) is 12.7 Å². The molecule has 0 radical (unpaired) electrons. The highest BCUT2D eigenvalue weighted by Crippen LogP contribution is 2.37. The maximum atomic E-state index is 12.5. The van der Waals surface area contributed by atoms with Crippen molar-refractivity contribution in [1.82, 2.24) is 0 Å². The molecule has 0 saturated carbocycles. The number of benzene rings is 1. The molecule has 1 amide bonds. The molecule has 22 heavy (non-hydrogen) atoms. The zero-order chi connectivity index (χ0) is 15.5. The third-order valence-corrected chi connectivity index (χ3v) is 4.69. The molecule has 0 N–H and O–H groups in total. The van der Waals surface area contributed by atoms with Gasteiger partial charge in [-0.3, -0.25) is 9.59 Å². The van der Waals surface area contributed by atoms with Crippen molar-refractivity contribution in [2.45, 2.75) is 18.8 Å². The van der Waals surface area contributed by atoms with Crippen LogP contribution in [0.25, 0.3) is 0 Å². The van der Waals surface area contributed by atoms with Crippen molar-refractivity contribution >= 4 is 28.9 Å². The fourth-order valence-electron chi connectivity index (χ4n) is 2.81. The number of hydrogen-bond acceptors (Lipinski definition) is 4. The molecule has 0 aliphatic carbocycles. The van der Waals surface area contributed by atoms with Crippen LogP contribution in [0.2, 0.25) is 0 Å². The van der Waals surface area contributed by atoms with Crippen LogP contribution in [0.1, 0.15) is 23.5 Å². The highest BCUT2D eigenvalue weighted by atomic mass is 32.1.